The number of hydrogen-bond donors (Lipinski definition) is 3. The summed E-state index contributed by atoms with van der Waals surface area (Å²) in [7, 11) is 0. The summed E-state index contributed by atoms with van der Waals surface area (Å²) in [5.41, 5.74) is 5.33. The minimum Gasteiger partial charge on any atom is -0.386 e. The number of carbonyl (C=O) groups is 1. The Kier molecular flexibility index (Phi) is 5.88. The summed E-state index contributed by atoms with van der Waals surface area (Å²) in [5, 5.41) is 10.1. The summed E-state index contributed by atoms with van der Waals surface area (Å²) in [5.74, 6) is 0.575. The second-order valence-electron chi connectivity index (χ2n) is 5.41. The molecule has 1 aliphatic heterocycles. The largest absolute Gasteiger partial charge is 0.386 e. The maximum atomic E-state index is 11.1. The maximum Gasteiger partial charge on any atom is 0.220 e. The van der Waals surface area contributed by atoms with Crippen molar-refractivity contribution in [1.29, 1.82) is 0 Å². The van der Waals surface area contributed by atoms with Gasteiger partial charge in [-0.05, 0) is 12.1 Å². The van der Waals surface area contributed by atoms with Crippen LogP contribution < -0.4 is 10.6 Å². The van der Waals surface area contributed by atoms with Gasteiger partial charge in [0.15, 0.2) is 0 Å². The molecule has 1 amide bonds. The summed E-state index contributed by atoms with van der Waals surface area (Å²) in [6.45, 7) is 2.62. The molecular formula is C15H23N2O2S+. The molecule has 4 N–H and O–H groups in total. The van der Waals surface area contributed by atoms with Crippen molar-refractivity contribution in [3.8, 4) is 0 Å². The number of hydrogen-bond acceptors (Lipinski definition) is 3. The van der Waals surface area contributed by atoms with Crippen LogP contribution in [0.25, 0.3) is 0 Å². The van der Waals surface area contributed by atoms with Gasteiger partial charge in [0.05, 0.1) is 13.1 Å². The van der Waals surface area contributed by atoms with Crippen LogP contribution in [0.3, 0.4) is 0 Å². The van der Waals surface area contributed by atoms with Gasteiger partial charge in [-0.3, -0.25) is 4.79 Å². The molecule has 1 atom stereocenters. The molecule has 0 aliphatic carbocycles. The third-order valence-electron chi connectivity index (χ3n) is 3.80. The van der Waals surface area contributed by atoms with E-state index in [1.54, 1.807) is 11.8 Å². The van der Waals surface area contributed by atoms with Crippen molar-refractivity contribution in [2.75, 3.05) is 25.4 Å². The molecule has 0 unspecified atom stereocenters. The fourth-order valence-corrected chi connectivity index (χ4v) is 3.47. The number of piperidine rings is 1. The summed E-state index contributed by atoms with van der Waals surface area (Å²) in [4.78, 5) is 13.7. The average molecular weight is 295 g/mol. The number of nitrogens with one attached hydrogen (secondary N) is 1. The number of amides is 1. The lowest BCUT2D eigenvalue weighted by atomic mass is 9.96. The van der Waals surface area contributed by atoms with Gasteiger partial charge < -0.3 is 15.7 Å². The van der Waals surface area contributed by atoms with Crippen LogP contribution in [0, 0.1) is 5.92 Å². The molecule has 0 radical (unpaired) electrons. The van der Waals surface area contributed by atoms with E-state index >= 15 is 0 Å². The lowest BCUT2D eigenvalue weighted by Crippen LogP contribution is -3.14. The van der Waals surface area contributed by atoms with Crippen molar-refractivity contribution in [2.24, 2.45) is 11.7 Å². The van der Waals surface area contributed by atoms with Gasteiger partial charge in [-0.15, -0.1) is 11.8 Å². The second kappa shape index (κ2) is 7.67. The molecule has 0 saturated carbocycles. The van der Waals surface area contributed by atoms with Gasteiger partial charge in [0.25, 0.3) is 0 Å². The number of carbonyl (C=O) groups excluding carboxylic acids is 1. The summed E-state index contributed by atoms with van der Waals surface area (Å²) in [6, 6.07) is 10.1. The topological polar surface area (TPSA) is 67.8 Å². The zero-order chi connectivity index (χ0) is 14.4. The summed E-state index contributed by atoms with van der Waals surface area (Å²) >= 11 is 1.69. The van der Waals surface area contributed by atoms with Crippen molar-refractivity contribution >= 4 is 17.7 Å². The lowest BCUT2D eigenvalue weighted by molar-refractivity contribution is -0.908. The molecule has 110 valence electrons. The smallest absolute Gasteiger partial charge is 0.220 e. The Labute approximate surface area is 124 Å². The Morgan fingerprint density at radius 3 is 2.60 bits per heavy atom. The highest BCUT2D eigenvalue weighted by molar-refractivity contribution is 7.99. The summed E-state index contributed by atoms with van der Waals surface area (Å²) in [6.07, 6.45) is 1.40. The van der Waals surface area contributed by atoms with Crippen molar-refractivity contribution in [3.63, 3.8) is 0 Å². The number of likely N-dealkylation sites (tertiary alicyclic amines) is 1. The Hall–Kier alpha value is -1.04. The fraction of sp³-hybridized carbons (Fsp3) is 0.533. The molecule has 1 heterocycles. The fourth-order valence-electron chi connectivity index (χ4n) is 2.62. The zero-order valence-corrected chi connectivity index (χ0v) is 12.4. The molecule has 1 aromatic rings. The highest BCUT2D eigenvalue weighted by atomic mass is 32.2. The van der Waals surface area contributed by atoms with Crippen molar-refractivity contribution in [1.82, 2.24) is 0 Å². The molecule has 1 aliphatic rings. The number of thioether (sulfide) groups is 1. The Morgan fingerprint density at radius 1 is 1.35 bits per heavy atom. The van der Waals surface area contributed by atoms with Gasteiger partial charge in [-0.1, -0.05) is 18.2 Å². The van der Waals surface area contributed by atoms with Gasteiger partial charge in [0.1, 0.15) is 12.6 Å². The average Bonchev–Trinajstić information content (AvgIpc) is 2.47. The van der Waals surface area contributed by atoms with E-state index in [0.29, 0.717) is 5.75 Å². The third-order valence-corrected chi connectivity index (χ3v) is 4.96. The van der Waals surface area contributed by atoms with E-state index < -0.39 is 0 Å². The SMILES string of the molecule is NC(=O)C1CC[NH+](C[C@@H](O)CSc2ccccc2)CC1. The number of benzene rings is 1. The number of aliphatic hydroxyl groups excluding tert-OH is 1. The first-order valence-corrected chi connectivity index (χ1v) is 8.12. The molecular weight excluding hydrogens is 272 g/mol. The molecule has 5 heteroatoms. The Morgan fingerprint density at radius 2 is 2.00 bits per heavy atom. The molecule has 0 spiro atoms. The number of primary amides is 1. The van der Waals surface area contributed by atoms with E-state index in [9.17, 15) is 9.90 Å². The standard InChI is InChI=1S/C15H22N2O2S/c16-15(19)12-6-8-17(9-7-12)10-13(18)11-20-14-4-2-1-3-5-14/h1-5,12-13,18H,6-11H2,(H2,16,19)/p+1/t13-/m1/s1. The third kappa shape index (κ3) is 4.81. The van der Waals surface area contributed by atoms with Crippen molar-refractivity contribution in [2.45, 2.75) is 23.8 Å². The highest BCUT2D eigenvalue weighted by Gasteiger charge is 2.26. The first-order chi connectivity index (χ1) is 9.65. The zero-order valence-electron chi connectivity index (χ0n) is 11.6. The predicted molar refractivity (Wildman–Crippen MR) is 80.7 cm³/mol. The van der Waals surface area contributed by atoms with Gasteiger partial charge in [-0.25, -0.2) is 0 Å². The van der Waals surface area contributed by atoms with Crippen LogP contribution in [0.2, 0.25) is 0 Å². The van der Waals surface area contributed by atoms with E-state index in [0.717, 1.165) is 32.5 Å². The monoisotopic (exact) mass is 295 g/mol. The molecule has 2 rings (SSSR count). The minimum atomic E-state index is -0.305. The summed E-state index contributed by atoms with van der Waals surface area (Å²) < 4.78 is 0. The van der Waals surface area contributed by atoms with Crippen LogP contribution >= 0.6 is 11.8 Å². The molecule has 1 saturated heterocycles. The van der Waals surface area contributed by atoms with Crippen LogP contribution in [-0.2, 0) is 4.79 Å². The van der Waals surface area contributed by atoms with E-state index in [4.69, 9.17) is 5.73 Å². The lowest BCUT2D eigenvalue weighted by Gasteiger charge is -2.29. The van der Waals surface area contributed by atoms with Crippen LogP contribution in [0.5, 0.6) is 0 Å². The highest BCUT2D eigenvalue weighted by Crippen LogP contribution is 2.17. The van der Waals surface area contributed by atoms with Crippen LogP contribution in [0.1, 0.15) is 12.8 Å². The van der Waals surface area contributed by atoms with Crippen LogP contribution in [-0.4, -0.2) is 42.5 Å². The maximum absolute atomic E-state index is 11.1. The molecule has 0 aromatic heterocycles. The number of quaternary nitrogens is 1. The quantitative estimate of drug-likeness (QED) is 0.643. The van der Waals surface area contributed by atoms with Crippen LogP contribution in [0.15, 0.2) is 35.2 Å². The minimum absolute atomic E-state index is 0.0367. The van der Waals surface area contributed by atoms with E-state index in [-0.39, 0.29) is 17.9 Å². The van der Waals surface area contributed by atoms with Gasteiger partial charge >= 0.3 is 0 Å². The van der Waals surface area contributed by atoms with Crippen molar-refractivity contribution < 1.29 is 14.8 Å². The molecule has 0 bridgehead atoms. The predicted octanol–water partition coefficient (Wildman–Crippen LogP) is -0.0802. The van der Waals surface area contributed by atoms with E-state index in [1.807, 2.05) is 18.2 Å². The molecule has 20 heavy (non-hydrogen) atoms. The normalized spacial score (nSPS) is 24.2. The Balaban J connectivity index is 1.68. The van der Waals surface area contributed by atoms with E-state index in [2.05, 4.69) is 12.1 Å². The molecule has 1 aromatic carbocycles. The number of aliphatic hydroxyl groups is 1. The second-order valence-corrected chi connectivity index (χ2v) is 6.50. The number of nitrogens with two attached hydrogens (primary N) is 1. The number of rotatable bonds is 6. The van der Waals surface area contributed by atoms with Crippen molar-refractivity contribution in [3.05, 3.63) is 30.3 Å². The van der Waals surface area contributed by atoms with Gasteiger partial charge in [0, 0.05) is 29.4 Å². The Bertz CT molecular complexity index is 419. The van der Waals surface area contributed by atoms with Crippen LogP contribution in [0.4, 0.5) is 0 Å². The molecule has 1 fully saturated rings. The first kappa shape index (κ1) is 15.4. The van der Waals surface area contributed by atoms with Gasteiger partial charge in [-0.2, -0.15) is 0 Å². The first-order valence-electron chi connectivity index (χ1n) is 7.14. The van der Waals surface area contributed by atoms with E-state index in [1.165, 1.54) is 9.80 Å². The molecule has 4 nitrogen and oxygen atoms in total. The van der Waals surface area contributed by atoms with Gasteiger partial charge in [0.2, 0.25) is 5.91 Å².